The summed E-state index contributed by atoms with van der Waals surface area (Å²) in [6, 6.07) is 5.69. The minimum absolute atomic E-state index is 0.000599. The molecule has 0 unspecified atom stereocenters. The third kappa shape index (κ3) is 4.85. The van der Waals surface area contributed by atoms with Gasteiger partial charge in [0.2, 0.25) is 0 Å². The molecule has 0 aliphatic rings. The molecule has 2 amide bonds. The maximum absolute atomic E-state index is 11.9. The largest absolute Gasteiger partial charge is 0.332 e. The van der Waals surface area contributed by atoms with Crippen LogP contribution in [-0.4, -0.2) is 29.0 Å². The number of nitrogens with zero attached hydrogens (tertiary/aromatic N) is 2. The lowest BCUT2D eigenvalue weighted by atomic mass is 10.3. The zero-order valence-corrected chi connectivity index (χ0v) is 10.6. The standard InChI is InChI=1S/C13H21N3O/c1-3-9-16(10-4-2)13(17)15-11-12-7-5-6-8-14-12/h5-8H,3-4,9-11H2,1-2H3,(H,15,17). The quantitative estimate of drug-likeness (QED) is 0.823. The predicted molar refractivity (Wildman–Crippen MR) is 68.6 cm³/mol. The number of aromatic nitrogens is 1. The lowest BCUT2D eigenvalue weighted by Gasteiger charge is -2.21. The molecule has 0 atom stereocenters. The molecule has 0 fully saturated rings. The van der Waals surface area contributed by atoms with Crippen molar-refractivity contribution in [3.05, 3.63) is 30.1 Å². The highest BCUT2D eigenvalue weighted by molar-refractivity contribution is 5.74. The van der Waals surface area contributed by atoms with Gasteiger partial charge in [-0.3, -0.25) is 4.98 Å². The van der Waals surface area contributed by atoms with E-state index < -0.39 is 0 Å². The number of hydrogen-bond acceptors (Lipinski definition) is 2. The Kier molecular flexibility index (Phi) is 6.07. The lowest BCUT2D eigenvalue weighted by Crippen LogP contribution is -2.40. The minimum atomic E-state index is -0.000599. The average molecular weight is 235 g/mol. The van der Waals surface area contributed by atoms with E-state index in [2.05, 4.69) is 24.1 Å². The number of amides is 2. The highest BCUT2D eigenvalue weighted by Gasteiger charge is 2.10. The predicted octanol–water partition coefficient (Wildman–Crippen LogP) is 2.41. The summed E-state index contributed by atoms with van der Waals surface area (Å²) in [6.07, 6.45) is 3.70. The molecule has 0 saturated carbocycles. The van der Waals surface area contributed by atoms with Crippen LogP contribution >= 0.6 is 0 Å². The summed E-state index contributed by atoms with van der Waals surface area (Å²) in [4.78, 5) is 17.9. The van der Waals surface area contributed by atoms with Gasteiger partial charge >= 0.3 is 6.03 Å². The number of pyridine rings is 1. The first-order valence-electron chi connectivity index (χ1n) is 6.20. The highest BCUT2D eigenvalue weighted by atomic mass is 16.2. The van der Waals surface area contributed by atoms with E-state index in [4.69, 9.17) is 0 Å². The summed E-state index contributed by atoms with van der Waals surface area (Å²) in [5.74, 6) is 0. The Morgan fingerprint density at radius 3 is 2.53 bits per heavy atom. The first-order valence-corrected chi connectivity index (χ1v) is 6.20. The summed E-state index contributed by atoms with van der Waals surface area (Å²) in [7, 11) is 0. The van der Waals surface area contributed by atoms with Crippen molar-refractivity contribution in [1.82, 2.24) is 15.2 Å². The molecule has 4 nitrogen and oxygen atoms in total. The van der Waals surface area contributed by atoms with Gasteiger partial charge in [-0.25, -0.2) is 4.79 Å². The topological polar surface area (TPSA) is 45.2 Å². The van der Waals surface area contributed by atoms with Crippen LogP contribution in [0.4, 0.5) is 4.79 Å². The number of carbonyl (C=O) groups is 1. The fourth-order valence-corrected chi connectivity index (χ4v) is 1.64. The van der Waals surface area contributed by atoms with Gasteiger partial charge in [0.25, 0.3) is 0 Å². The second kappa shape index (κ2) is 7.65. The Labute approximate surface area is 103 Å². The van der Waals surface area contributed by atoms with Crippen LogP contribution in [-0.2, 0) is 6.54 Å². The molecule has 0 radical (unpaired) electrons. The number of nitrogens with one attached hydrogen (secondary N) is 1. The van der Waals surface area contributed by atoms with E-state index >= 15 is 0 Å². The number of carbonyl (C=O) groups excluding carboxylic acids is 1. The summed E-state index contributed by atoms with van der Waals surface area (Å²) in [5, 5.41) is 2.89. The van der Waals surface area contributed by atoms with Crippen molar-refractivity contribution in [2.24, 2.45) is 0 Å². The van der Waals surface area contributed by atoms with Gasteiger partial charge in [-0.05, 0) is 25.0 Å². The molecule has 0 spiro atoms. The number of hydrogen-bond donors (Lipinski definition) is 1. The second-order valence-electron chi connectivity index (χ2n) is 3.97. The van der Waals surface area contributed by atoms with Gasteiger partial charge in [-0.2, -0.15) is 0 Å². The van der Waals surface area contributed by atoms with E-state index in [0.717, 1.165) is 31.6 Å². The molecular weight excluding hydrogens is 214 g/mol. The molecular formula is C13H21N3O. The Balaban J connectivity index is 2.41. The van der Waals surface area contributed by atoms with Gasteiger partial charge in [0, 0.05) is 19.3 Å². The zero-order valence-electron chi connectivity index (χ0n) is 10.6. The van der Waals surface area contributed by atoms with Gasteiger partial charge in [0.05, 0.1) is 12.2 Å². The molecule has 1 N–H and O–H groups in total. The smallest absolute Gasteiger partial charge is 0.317 e. The fourth-order valence-electron chi connectivity index (χ4n) is 1.64. The van der Waals surface area contributed by atoms with Crippen LogP contribution in [0.25, 0.3) is 0 Å². The normalized spacial score (nSPS) is 10.0. The van der Waals surface area contributed by atoms with Crippen LogP contribution in [0.2, 0.25) is 0 Å². The van der Waals surface area contributed by atoms with Crippen LogP contribution in [0.5, 0.6) is 0 Å². The third-order valence-electron chi connectivity index (χ3n) is 2.42. The van der Waals surface area contributed by atoms with Crippen molar-refractivity contribution in [2.45, 2.75) is 33.2 Å². The molecule has 1 rings (SSSR count). The Hall–Kier alpha value is -1.58. The average Bonchev–Trinajstić information content (AvgIpc) is 2.37. The van der Waals surface area contributed by atoms with Crippen molar-refractivity contribution < 1.29 is 4.79 Å². The van der Waals surface area contributed by atoms with Crippen molar-refractivity contribution in [2.75, 3.05) is 13.1 Å². The van der Waals surface area contributed by atoms with E-state index in [1.165, 1.54) is 0 Å². The second-order valence-corrected chi connectivity index (χ2v) is 3.97. The maximum Gasteiger partial charge on any atom is 0.317 e. The molecule has 0 aliphatic heterocycles. The maximum atomic E-state index is 11.9. The highest BCUT2D eigenvalue weighted by Crippen LogP contribution is 1.97. The van der Waals surface area contributed by atoms with Crippen LogP contribution in [0, 0.1) is 0 Å². The molecule has 1 heterocycles. The number of urea groups is 1. The molecule has 0 aromatic carbocycles. The Morgan fingerprint density at radius 1 is 1.29 bits per heavy atom. The van der Waals surface area contributed by atoms with Gasteiger partial charge in [-0.1, -0.05) is 19.9 Å². The summed E-state index contributed by atoms with van der Waals surface area (Å²) >= 11 is 0. The Morgan fingerprint density at radius 2 is 2.00 bits per heavy atom. The van der Waals surface area contributed by atoms with Crippen LogP contribution in [0.3, 0.4) is 0 Å². The van der Waals surface area contributed by atoms with Gasteiger partial charge < -0.3 is 10.2 Å². The molecule has 17 heavy (non-hydrogen) atoms. The van der Waals surface area contributed by atoms with Crippen molar-refractivity contribution >= 4 is 6.03 Å². The SMILES string of the molecule is CCCN(CCC)C(=O)NCc1ccccn1. The monoisotopic (exact) mass is 235 g/mol. The van der Waals surface area contributed by atoms with Gasteiger partial charge in [0.1, 0.15) is 0 Å². The van der Waals surface area contributed by atoms with Crippen molar-refractivity contribution in [3.8, 4) is 0 Å². The summed E-state index contributed by atoms with van der Waals surface area (Å²) in [6.45, 7) is 6.26. The first-order chi connectivity index (χ1) is 8.27. The van der Waals surface area contributed by atoms with Crippen molar-refractivity contribution in [1.29, 1.82) is 0 Å². The van der Waals surface area contributed by atoms with Crippen LogP contribution in [0.15, 0.2) is 24.4 Å². The molecule has 0 bridgehead atoms. The Bertz CT molecular complexity index is 321. The van der Waals surface area contributed by atoms with E-state index in [9.17, 15) is 4.79 Å². The molecule has 0 saturated heterocycles. The van der Waals surface area contributed by atoms with Crippen LogP contribution < -0.4 is 5.32 Å². The molecule has 94 valence electrons. The van der Waals surface area contributed by atoms with Crippen LogP contribution in [0.1, 0.15) is 32.4 Å². The number of rotatable bonds is 6. The summed E-state index contributed by atoms with van der Waals surface area (Å²) < 4.78 is 0. The van der Waals surface area contributed by atoms with E-state index in [1.54, 1.807) is 6.20 Å². The van der Waals surface area contributed by atoms with Gasteiger partial charge in [0.15, 0.2) is 0 Å². The molecule has 1 aromatic rings. The first kappa shape index (κ1) is 13.5. The molecule has 4 heteroatoms. The van der Waals surface area contributed by atoms with Gasteiger partial charge in [-0.15, -0.1) is 0 Å². The van der Waals surface area contributed by atoms with E-state index in [-0.39, 0.29) is 6.03 Å². The molecule has 0 aliphatic carbocycles. The summed E-state index contributed by atoms with van der Waals surface area (Å²) in [5.41, 5.74) is 0.883. The minimum Gasteiger partial charge on any atom is -0.332 e. The van der Waals surface area contributed by atoms with Crippen molar-refractivity contribution in [3.63, 3.8) is 0 Å². The fraction of sp³-hybridized carbons (Fsp3) is 0.538. The van der Waals surface area contributed by atoms with E-state index in [1.807, 2.05) is 23.1 Å². The van der Waals surface area contributed by atoms with E-state index in [0.29, 0.717) is 6.54 Å². The molecule has 1 aromatic heterocycles. The zero-order chi connectivity index (χ0) is 12.5. The lowest BCUT2D eigenvalue weighted by molar-refractivity contribution is 0.197. The third-order valence-corrected chi connectivity index (χ3v) is 2.42.